The van der Waals surface area contributed by atoms with Crippen molar-refractivity contribution in [3.05, 3.63) is 33.5 Å². The number of fused-ring (bicyclic) bond motifs is 1. The standard InChI is InChI=1S/C8H6BrClN2/c1-5-8(10)6-3-2-4-7(9)12(6)11-5/h2-4H,1H3. The van der Waals surface area contributed by atoms with Crippen LogP contribution in [0.3, 0.4) is 0 Å². The molecule has 0 spiro atoms. The van der Waals surface area contributed by atoms with Crippen molar-refractivity contribution in [2.45, 2.75) is 6.92 Å². The lowest BCUT2D eigenvalue weighted by Gasteiger charge is -1.94. The number of nitrogens with zero attached hydrogens (tertiary/aromatic N) is 2. The summed E-state index contributed by atoms with van der Waals surface area (Å²) in [4.78, 5) is 0. The van der Waals surface area contributed by atoms with Gasteiger partial charge in [0.2, 0.25) is 0 Å². The number of hydrogen-bond acceptors (Lipinski definition) is 1. The van der Waals surface area contributed by atoms with Gasteiger partial charge in [-0.2, -0.15) is 5.10 Å². The highest BCUT2D eigenvalue weighted by molar-refractivity contribution is 9.10. The van der Waals surface area contributed by atoms with E-state index in [0.29, 0.717) is 0 Å². The van der Waals surface area contributed by atoms with Crippen molar-refractivity contribution in [2.75, 3.05) is 0 Å². The summed E-state index contributed by atoms with van der Waals surface area (Å²) in [6.07, 6.45) is 0. The van der Waals surface area contributed by atoms with E-state index in [1.54, 1.807) is 4.52 Å². The Morgan fingerprint density at radius 3 is 2.92 bits per heavy atom. The van der Waals surface area contributed by atoms with Crippen LogP contribution in [0.2, 0.25) is 5.02 Å². The third kappa shape index (κ3) is 1.04. The van der Waals surface area contributed by atoms with Crippen LogP contribution in [0, 0.1) is 6.92 Å². The highest BCUT2D eigenvalue weighted by Gasteiger charge is 2.07. The Bertz CT molecular complexity index is 436. The van der Waals surface area contributed by atoms with Gasteiger partial charge in [0.1, 0.15) is 4.60 Å². The summed E-state index contributed by atoms with van der Waals surface area (Å²) in [5.74, 6) is 0. The Kier molecular flexibility index (Phi) is 1.85. The smallest absolute Gasteiger partial charge is 0.108 e. The third-order valence-electron chi connectivity index (χ3n) is 1.71. The van der Waals surface area contributed by atoms with E-state index in [0.717, 1.165) is 20.8 Å². The van der Waals surface area contributed by atoms with Crippen molar-refractivity contribution >= 4 is 33.0 Å². The first-order valence-corrected chi connectivity index (χ1v) is 4.66. The molecule has 2 nitrogen and oxygen atoms in total. The van der Waals surface area contributed by atoms with E-state index in [1.807, 2.05) is 25.1 Å². The second-order valence-corrected chi connectivity index (χ2v) is 3.74. The van der Waals surface area contributed by atoms with Crippen LogP contribution in [0.1, 0.15) is 5.69 Å². The van der Waals surface area contributed by atoms with Gasteiger partial charge in [-0.15, -0.1) is 0 Å². The zero-order valence-corrected chi connectivity index (χ0v) is 8.72. The molecule has 0 saturated carbocycles. The van der Waals surface area contributed by atoms with Gasteiger partial charge in [0, 0.05) is 0 Å². The third-order valence-corrected chi connectivity index (χ3v) is 2.78. The quantitative estimate of drug-likeness (QED) is 0.652. The molecular formula is C8H6BrClN2. The van der Waals surface area contributed by atoms with Gasteiger partial charge in [0.25, 0.3) is 0 Å². The molecule has 2 rings (SSSR count). The molecule has 2 heterocycles. The Labute approximate surface area is 83.3 Å². The summed E-state index contributed by atoms with van der Waals surface area (Å²) in [5, 5.41) is 4.97. The molecule has 0 aromatic carbocycles. The summed E-state index contributed by atoms with van der Waals surface area (Å²) in [5.41, 5.74) is 1.78. The van der Waals surface area contributed by atoms with E-state index < -0.39 is 0 Å². The Morgan fingerprint density at radius 1 is 1.50 bits per heavy atom. The van der Waals surface area contributed by atoms with Crippen LogP contribution < -0.4 is 0 Å². The van der Waals surface area contributed by atoms with Crippen LogP contribution >= 0.6 is 27.5 Å². The van der Waals surface area contributed by atoms with E-state index >= 15 is 0 Å². The molecule has 0 unspecified atom stereocenters. The number of hydrogen-bond donors (Lipinski definition) is 0. The van der Waals surface area contributed by atoms with Gasteiger partial charge in [0.15, 0.2) is 0 Å². The largest absolute Gasteiger partial charge is 0.225 e. The maximum Gasteiger partial charge on any atom is 0.108 e. The van der Waals surface area contributed by atoms with Crippen molar-refractivity contribution in [1.29, 1.82) is 0 Å². The molecule has 12 heavy (non-hydrogen) atoms. The number of aromatic nitrogens is 2. The monoisotopic (exact) mass is 244 g/mol. The normalized spacial score (nSPS) is 10.9. The van der Waals surface area contributed by atoms with Crippen molar-refractivity contribution in [1.82, 2.24) is 9.61 Å². The molecule has 0 saturated heterocycles. The van der Waals surface area contributed by atoms with Crippen molar-refractivity contribution < 1.29 is 0 Å². The molecule has 0 atom stereocenters. The van der Waals surface area contributed by atoms with Gasteiger partial charge in [-0.1, -0.05) is 17.7 Å². The summed E-state index contributed by atoms with van der Waals surface area (Å²) in [6, 6.07) is 5.80. The molecule has 0 radical (unpaired) electrons. The number of rotatable bonds is 0. The van der Waals surface area contributed by atoms with E-state index in [1.165, 1.54) is 0 Å². The van der Waals surface area contributed by atoms with Gasteiger partial charge >= 0.3 is 0 Å². The molecular weight excluding hydrogens is 239 g/mol. The molecule has 0 aliphatic carbocycles. The Hall–Kier alpha value is -0.540. The second kappa shape index (κ2) is 2.75. The minimum absolute atomic E-state index is 0.719. The van der Waals surface area contributed by atoms with Gasteiger partial charge in [-0.3, -0.25) is 0 Å². The molecule has 0 aliphatic rings. The van der Waals surface area contributed by atoms with Crippen molar-refractivity contribution in [3.8, 4) is 0 Å². The van der Waals surface area contributed by atoms with Crippen LogP contribution in [0.4, 0.5) is 0 Å². The van der Waals surface area contributed by atoms with Crippen LogP contribution in [-0.2, 0) is 0 Å². The van der Waals surface area contributed by atoms with Gasteiger partial charge < -0.3 is 0 Å². The van der Waals surface area contributed by atoms with E-state index in [2.05, 4.69) is 21.0 Å². The maximum atomic E-state index is 6.01. The molecule has 62 valence electrons. The summed E-state index contributed by atoms with van der Waals surface area (Å²) in [7, 11) is 0. The zero-order chi connectivity index (χ0) is 8.72. The fraction of sp³-hybridized carbons (Fsp3) is 0.125. The predicted octanol–water partition coefficient (Wildman–Crippen LogP) is 3.06. The summed E-state index contributed by atoms with van der Waals surface area (Å²) >= 11 is 9.40. The lowest BCUT2D eigenvalue weighted by Crippen LogP contribution is -1.87. The average molecular weight is 246 g/mol. The number of pyridine rings is 1. The van der Waals surface area contributed by atoms with Gasteiger partial charge in [-0.05, 0) is 35.0 Å². The average Bonchev–Trinajstić information content (AvgIpc) is 2.32. The summed E-state index contributed by atoms with van der Waals surface area (Å²) < 4.78 is 2.69. The Balaban J connectivity index is 2.95. The maximum absolute atomic E-state index is 6.01. The zero-order valence-electron chi connectivity index (χ0n) is 6.38. The summed E-state index contributed by atoms with van der Waals surface area (Å²) in [6.45, 7) is 1.89. The van der Waals surface area contributed by atoms with Crippen LogP contribution in [0.5, 0.6) is 0 Å². The lowest BCUT2D eigenvalue weighted by atomic mass is 10.4. The van der Waals surface area contributed by atoms with E-state index in [9.17, 15) is 0 Å². The van der Waals surface area contributed by atoms with Gasteiger partial charge in [-0.25, -0.2) is 4.52 Å². The first-order chi connectivity index (χ1) is 5.70. The topological polar surface area (TPSA) is 17.3 Å². The molecule has 4 heteroatoms. The Morgan fingerprint density at radius 2 is 2.25 bits per heavy atom. The van der Waals surface area contributed by atoms with E-state index in [4.69, 9.17) is 11.6 Å². The molecule has 2 aromatic rings. The molecule has 0 amide bonds. The van der Waals surface area contributed by atoms with Crippen LogP contribution in [0.25, 0.3) is 5.52 Å². The second-order valence-electron chi connectivity index (χ2n) is 2.54. The highest BCUT2D eigenvalue weighted by atomic mass is 79.9. The minimum atomic E-state index is 0.719. The predicted molar refractivity (Wildman–Crippen MR) is 52.6 cm³/mol. The SMILES string of the molecule is Cc1nn2c(Br)cccc2c1Cl. The van der Waals surface area contributed by atoms with Crippen molar-refractivity contribution in [3.63, 3.8) is 0 Å². The fourth-order valence-corrected chi connectivity index (χ4v) is 1.73. The first-order valence-electron chi connectivity index (χ1n) is 3.49. The molecule has 0 N–H and O–H groups in total. The molecule has 0 aliphatic heterocycles. The lowest BCUT2D eigenvalue weighted by molar-refractivity contribution is 0.912. The van der Waals surface area contributed by atoms with Crippen LogP contribution in [0.15, 0.2) is 22.8 Å². The number of halogens is 2. The highest BCUT2D eigenvalue weighted by Crippen LogP contribution is 2.23. The molecule has 2 aromatic heterocycles. The van der Waals surface area contributed by atoms with Crippen LogP contribution in [-0.4, -0.2) is 9.61 Å². The molecule has 0 fully saturated rings. The van der Waals surface area contributed by atoms with E-state index in [-0.39, 0.29) is 0 Å². The van der Waals surface area contributed by atoms with Gasteiger partial charge in [0.05, 0.1) is 16.2 Å². The first kappa shape index (κ1) is 8.08. The number of aryl methyl sites for hydroxylation is 1. The van der Waals surface area contributed by atoms with Crippen molar-refractivity contribution in [2.24, 2.45) is 0 Å². The molecule has 0 bridgehead atoms. The fourth-order valence-electron chi connectivity index (χ4n) is 1.12. The minimum Gasteiger partial charge on any atom is -0.225 e.